The first-order chi connectivity index (χ1) is 8.99. The molecule has 20 heavy (non-hydrogen) atoms. The van der Waals surface area contributed by atoms with Gasteiger partial charge in [0.15, 0.2) is 0 Å². The molecule has 0 aliphatic carbocycles. The summed E-state index contributed by atoms with van der Waals surface area (Å²) < 4.78 is 61.9. The van der Waals surface area contributed by atoms with E-state index in [4.69, 9.17) is 0 Å². The molecule has 1 N–H and O–H groups in total. The summed E-state index contributed by atoms with van der Waals surface area (Å²) >= 11 is 0. The van der Waals surface area contributed by atoms with Crippen molar-refractivity contribution in [2.45, 2.75) is 24.5 Å². The van der Waals surface area contributed by atoms with Gasteiger partial charge in [-0.2, -0.15) is 21.6 Å². The minimum absolute atomic E-state index is 0.230. The second-order valence-electron chi connectivity index (χ2n) is 4.27. The van der Waals surface area contributed by atoms with E-state index < -0.39 is 27.0 Å². The van der Waals surface area contributed by atoms with E-state index in [-0.39, 0.29) is 6.42 Å². The van der Waals surface area contributed by atoms with Gasteiger partial charge in [-0.25, -0.2) is 0 Å². The maximum Gasteiger partial charge on any atom is 0.534 e. The zero-order chi connectivity index (χ0) is 15.6. The topological polar surface area (TPSA) is 63.6 Å². The van der Waals surface area contributed by atoms with Crippen LogP contribution in [0.15, 0.2) is 36.9 Å². The van der Waals surface area contributed by atoms with Crippen LogP contribution in [0.5, 0.6) is 5.75 Å². The first-order valence-corrected chi connectivity index (χ1v) is 6.85. The summed E-state index contributed by atoms with van der Waals surface area (Å²) in [5.41, 5.74) is -6.34. The van der Waals surface area contributed by atoms with E-state index in [2.05, 4.69) is 10.8 Å². The van der Waals surface area contributed by atoms with Gasteiger partial charge in [-0.3, -0.25) is 0 Å². The van der Waals surface area contributed by atoms with Crippen molar-refractivity contribution in [1.29, 1.82) is 0 Å². The third-order valence-corrected chi connectivity index (χ3v) is 3.49. The minimum atomic E-state index is -5.69. The fourth-order valence-electron chi connectivity index (χ4n) is 1.44. The zero-order valence-corrected chi connectivity index (χ0v) is 11.3. The maximum atomic E-state index is 12.1. The van der Waals surface area contributed by atoms with Crippen LogP contribution in [0.3, 0.4) is 0 Å². The number of hydrogen-bond donors (Lipinski definition) is 1. The first-order valence-electron chi connectivity index (χ1n) is 5.44. The van der Waals surface area contributed by atoms with Crippen LogP contribution in [0, 0.1) is 0 Å². The molecule has 1 aromatic carbocycles. The smallest absolute Gasteiger partial charge is 0.385 e. The molecule has 1 rings (SSSR count). The Labute approximate surface area is 114 Å². The lowest BCUT2D eigenvalue weighted by atomic mass is 9.93. The summed E-state index contributed by atoms with van der Waals surface area (Å²) in [4.78, 5) is 0. The summed E-state index contributed by atoms with van der Waals surface area (Å²) in [5.74, 6) is -0.486. The third kappa shape index (κ3) is 3.73. The average molecular weight is 310 g/mol. The van der Waals surface area contributed by atoms with Crippen molar-refractivity contribution >= 4 is 10.1 Å². The van der Waals surface area contributed by atoms with Crippen LogP contribution in [-0.4, -0.2) is 19.0 Å². The SMILES string of the molecule is C=CCC(C)(O)c1ccc(OS(=O)(=O)C(F)(F)F)cc1. The molecule has 0 bridgehead atoms. The van der Waals surface area contributed by atoms with E-state index in [1.165, 1.54) is 25.1 Å². The van der Waals surface area contributed by atoms with Crippen molar-refractivity contribution in [1.82, 2.24) is 0 Å². The lowest BCUT2D eigenvalue weighted by Gasteiger charge is -2.22. The molecule has 0 saturated carbocycles. The molecule has 0 amide bonds. The highest BCUT2D eigenvalue weighted by Crippen LogP contribution is 2.29. The summed E-state index contributed by atoms with van der Waals surface area (Å²) in [6, 6.07) is 4.64. The van der Waals surface area contributed by atoms with Gasteiger partial charge in [0.05, 0.1) is 5.60 Å². The molecule has 1 aromatic rings. The molecule has 4 nitrogen and oxygen atoms in total. The molecule has 0 saturated heterocycles. The Morgan fingerprint density at radius 1 is 1.30 bits per heavy atom. The van der Waals surface area contributed by atoms with Crippen LogP contribution < -0.4 is 4.18 Å². The Morgan fingerprint density at radius 3 is 2.20 bits per heavy atom. The molecule has 0 aliphatic heterocycles. The molecule has 0 radical (unpaired) electrons. The van der Waals surface area contributed by atoms with Crippen LogP contribution in [0.25, 0.3) is 0 Å². The van der Waals surface area contributed by atoms with Crippen LogP contribution in [0.4, 0.5) is 13.2 Å². The van der Waals surface area contributed by atoms with Crippen molar-refractivity contribution < 1.29 is 30.9 Å². The Kier molecular flexibility index (Phi) is 4.50. The number of hydrogen-bond acceptors (Lipinski definition) is 4. The van der Waals surface area contributed by atoms with Gasteiger partial charge in [0.1, 0.15) is 5.75 Å². The van der Waals surface area contributed by atoms with E-state index in [0.29, 0.717) is 5.56 Å². The summed E-state index contributed by atoms with van der Waals surface area (Å²) in [5, 5.41) is 10.0. The molecule has 1 atom stereocenters. The molecule has 8 heteroatoms. The summed E-state index contributed by atoms with van der Waals surface area (Å²) in [6.07, 6.45) is 1.71. The van der Waals surface area contributed by atoms with E-state index in [0.717, 1.165) is 12.1 Å². The highest BCUT2D eigenvalue weighted by Gasteiger charge is 2.48. The molecular formula is C12H13F3O4S. The highest BCUT2D eigenvalue weighted by atomic mass is 32.2. The number of alkyl halides is 3. The lowest BCUT2D eigenvalue weighted by molar-refractivity contribution is -0.0500. The van der Waals surface area contributed by atoms with Crippen LogP contribution in [0.1, 0.15) is 18.9 Å². The monoisotopic (exact) mass is 310 g/mol. The largest absolute Gasteiger partial charge is 0.534 e. The van der Waals surface area contributed by atoms with Gasteiger partial charge < -0.3 is 9.29 Å². The van der Waals surface area contributed by atoms with E-state index in [9.17, 15) is 26.7 Å². The van der Waals surface area contributed by atoms with Crippen molar-refractivity contribution in [3.63, 3.8) is 0 Å². The quantitative estimate of drug-likeness (QED) is 0.516. The maximum absolute atomic E-state index is 12.1. The Bertz CT molecular complexity index is 574. The first kappa shape index (κ1) is 16.5. The van der Waals surface area contributed by atoms with E-state index in [1.54, 1.807) is 0 Å². The Hall–Kier alpha value is -1.54. The predicted octanol–water partition coefficient (Wildman–Crippen LogP) is 2.70. The summed E-state index contributed by atoms with van der Waals surface area (Å²) in [7, 11) is -5.69. The van der Waals surface area contributed by atoms with Crippen molar-refractivity contribution in [3.8, 4) is 5.75 Å². The predicted molar refractivity (Wildman–Crippen MR) is 66.4 cm³/mol. The van der Waals surface area contributed by atoms with Crippen molar-refractivity contribution in [3.05, 3.63) is 42.5 Å². The van der Waals surface area contributed by atoms with Crippen molar-refractivity contribution in [2.75, 3.05) is 0 Å². The molecule has 0 spiro atoms. The molecule has 0 aromatic heterocycles. The normalized spacial score (nSPS) is 15.4. The van der Waals surface area contributed by atoms with Gasteiger partial charge in [0, 0.05) is 0 Å². The molecular weight excluding hydrogens is 297 g/mol. The second-order valence-corrected chi connectivity index (χ2v) is 5.81. The van der Waals surface area contributed by atoms with Crippen LogP contribution >= 0.6 is 0 Å². The van der Waals surface area contributed by atoms with Gasteiger partial charge >= 0.3 is 15.6 Å². The number of benzene rings is 1. The van der Waals surface area contributed by atoms with E-state index in [1.807, 2.05) is 0 Å². The van der Waals surface area contributed by atoms with Gasteiger partial charge in [-0.15, -0.1) is 6.58 Å². The van der Waals surface area contributed by atoms with Gasteiger partial charge in [0.25, 0.3) is 0 Å². The number of aliphatic hydroxyl groups is 1. The number of halogens is 3. The van der Waals surface area contributed by atoms with Crippen LogP contribution in [0.2, 0.25) is 0 Å². The second kappa shape index (κ2) is 5.45. The number of rotatable bonds is 5. The molecule has 1 unspecified atom stereocenters. The van der Waals surface area contributed by atoms with Gasteiger partial charge in [0.2, 0.25) is 0 Å². The standard InChI is InChI=1S/C12H13F3O4S/c1-3-8-11(2,16)9-4-6-10(7-5-9)19-20(17,18)12(13,14)15/h3-7,16H,1,8H2,2H3. The van der Waals surface area contributed by atoms with E-state index >= 15 is 0 Å². The lowest BCUT2D eigenvalue weighted by Crippen LogP contribution is -2.28. The van der Waals surface area contributed by atoms with Crippen LogP contribution in [-0.2, 0) is 15.7 Å². The molecule has 0 heterocycles. The fourth-order valence-corrected chi connectivity index (χ4v) is 1.90. The van der Waals surface area contributed by atoms with Crippen molar-refractivity contribution in [2.24, 2.45) is 0 Å². The highest BCUT2D eigenvalue weighted by molar-refractivity contribution is 7.87. The molecule has 0 fully saturated rings. The zero-order valence-electron chi connectivity index (χ0n) is 10.5. The Morgan fingerprint density at radius 2 is 1.80 bits per heavy atom. The molecule has 0 aliphatic rings. The Balaban J connectivity index is 2.96. The van der Waals surface area contributed by atoms with Gasteiger partial charge in [-0.1, -0.05) is 18.2 Å². The summed E-state index contributed by atoms with van der Waals surface area (Å²) in [6.45, 7) is 4.97. The fraction of sp³-hybridized carbons (Fsp3) is 0.333. The minimum Gasteiger partial charge on any atom is -0.385 e. The van der Waals surface area contributed by atoms with Gasteiger partial charge in [-0.05, 0) is 31.0 Å². The average Bonchev–Trinajstić information content (AvgIpc) is 2.27. The molecule has 112 valence electrons. The third-order valence-electron chi connectivity index (χ3n) is 2.51.